The Balaban J connectivity index is 1.41. The van der Waals surface area contributed by atoms with Gasteiger partial charge in [0.25, 0.3) is 5.91 Å². The van der Waals surface area contributed by atoms with Crippen molar-refractivity contribution in [2.24, 2.45) is 5.92 Å². The van der Waals surface area contributed by atoms with Gasteiger partial charge in [0.05, 0.1) is 15.3 Å². The predicted molar refractivity (Wildman–Crippen MR) is 101 cm³/mol. The first-order valence-corrected chi connectivity index (χ1v) is 10.9. The van der Waals surface area contributed by atoms with Gasteiger partial charge in [-0.05, 0) is 62.7 Å². The van der Waals surface area contributed by atoms with E-state index >= 15 is 0 Å². The Morgan fingerprint density at radius 3 is 2.83 bits per heavy atom. The zero-order chi connectivity index (χ0) is 16.7. The van der Waals surface area contributed by atoms with Gasteiger partial charge in [0, 0.05) is 12.1 Å². The van der Waals surface area contributed by atoms with Gasteiger partial charge in [-0.2, -0.15) is 0 Å². The number of rotatable bonds is 4. The number of halogens is 1. The van der Waals surface area contributed by atoms with Crippen molar-refractivity contribution in [3.63, 3.8) is 0 Å². The molecule has 8 heteroatoms. The highest BCUT2D eigenvalue weighted by atomic mass is 35.5. The molecule has 2 aromatic heterocycles. The summed E-state index contributed by atoms with van der Waals surface area (Å²) < 4.78 is 2.65. The average molecular weight is 400 g/mol. The van der Waals surface area contributed by atoms with Gasteiger partial charge in [0.2, 0.25) is 0 Å². The molecule has 3 fully saturated rings. The Morgan fingerprint density at radius 1 is 1.38 bits per heavy atom. The molecule has 3 aliphatic heterocycles. The molecule has 0 radical (unpaired) electrons. The first kappa shape index (κ1) is 16.8. The summed E-state index contributed by atoms with van der Waals surface area (Å²) in [5.41, 5.74) is 0. The molecule has 5 rings (SSSR count). The molecule has 5 heterocycles. The van der Waals surface area contributed by atoms with Gasteiger partial charge < -0.3 is 5.32 Å². The minimum atomic E-state index is 0.0506. The number of amides is 1. The monoisotopic (exact) mass is 399 g/mol. The van der Waals surface area contributed by atoms with Crippen LogP contribution in [0.3, 0.4) is 0 Å². The summed E-state index contributed by atoms with van der Waals surface area (Å²) in [6.07, 6.45) is 4.06. The molecule has 3 saturated heterocycles. The van der Waals surface area contributed by atoms with Crippen LogP contribution >= 0.6 is 46.0 Å². The SMILES string of the molecule is CC1C(NC(=O)c2ccc(Sc3ncc(Cl)s3)s2)C2CCN1CC2. The number of thiazole rings is 1. The third-order valence-electron chi connectivity index (χ3n) is 4.92. The summed E-state index contributed by atoms with van der Waals surface area (Å²) in [6, 6.07) is 4.60. The zero-order valence-corrected chi connectivity index (χ0v) is 16.4. The van der Waals surface area contributed by atoms with Crippen LogP contribution in [0.5, 0.6) is 0 Å². The third-order valence-corrected chi connectivity index (χ3v) is 8.33. The molecule has 1 amide bonds. The number of fused-ring (bicyclic) bond motifs is 3. The molecule has 0 saturated carbocycles. The molecule has 128 valence electrons. The van der Waals surface area contributed by atoms with Crippen molar-refractivity contribution in [1.29, 1.82) is 0 Å². The van der Waals surface area contributed by atoms with Gasteiger partial charge >= 0.3 is 0 Å². The van der Waals surface area contributed by atoms with E-state index in [-0.39, 0.29) is 11.9 Å². The van der Waals surface area contributed by atoms with Crippen LogP contribution in [-0.2, 0) is 0 Å². The topological polar surface area (TPSA) is 45.2 Å². The third kappa shape index (κ3) is 3.37. The molecule has 0 aromatic carbocycles. The second-order valence-electron chi connectivity index (χ2n) is 6.26. The first-order valence-electron chi connectivity index (χ1n) is 8.04. The quantitative estimate of drug-likeness (QED) is 0.835. The Bertz CT molecular complexity index is 737. The summed E-state index contributed by atoms with van der Waals surface area (Å²) in [6.45, 7) is 4.58. The van der Waals surface area contributed by atoms with Gasteiger partial charge in [0.15, 0.2) is 4.34 Å². The Kier molecular flexibility index (Phi) is 4.88. The van der Waals surface area contributed by atoms with Crippen LogP contribution < -0.4 is 5.32 Å². The van der Waals surface area contributed by atoms with E-state index in [1.54, 1.807) is 18.0 Å². The number of carbonyl (C=O) groups is 1. The molecular formula is C16H18ClN3OS3. The lowest BCUT2D eigenvalue weighted by Gasteiger charge is -2.49. The van der Waals surface area contributed by atoms with Crippen LogP contribution in [0.1, 0.15) is 29.4 Å². The molecular weight excluding hydrogens is 382 g/mol. The van der Waals surface area contributed by atoms with Crippen molar-refractivity contribution in [2.45, 2.75) is 40.4 Å². The van der Waals surface area contributed by atoms with Crippen molar-refractivity contribution >= 4 is 51.9 Å². The van der Waals surface area contributed by atoms with Gasteiger partial charge in [0.1, 0.15) is 4.34 Å². The van der Waals surface area contributed by atoms with Crippen molar-refractivity contribution < 1.29 is 4.79 Å². The number of aromatic nitrogens is 1. The molecule has 2 atom stereocenters. The molecule has 4 nitrogen and oxygen atoms in total. The maximum atomic E-state index is 12.6. The van der Waals surface area contributed by atoms with E-state index < -0.39 is 0 Å². The fraction of sp³-hybridized carbons (Fsp3) is 0.500. The van der Waals surface area contributed by atoms with Crippen molar-refractivity contribution in [3.8, 4) is 0 Å². The molecule has 1 N–H and O–H groups in total. The molecule has 2 aromatic rings. The molecule has 0 spiro atoms. The van der Waals surface area contributed by atoms with Crippen LogP contribution in [0.25, 0.3) is 0 Å². The maximum absolute atomic E-state index is 12.6. The number of piperidine rings is 3. The Labute approximate surface area is 158 Å². The fourth-order valence-electron chi connectivity index (χ4n) is 3.64. The molecule has 24 heavy (non-hydrogen) atoms. The van der Waals surface area contributed by atoms with E-state index in [4.69, 9.17) is 11.6 Å². The Morgan fingerprint density at radius 2 is 2.17 bits per heavy atom. The van der Waals surface area contributed by atoms with E-state index in [0.29, 0.717) is 16.3 Å². The van der Waals surface area contributed by atoms with Crippen LogP contribution in [0.4, 0.5) is 0 Å². The highest BCUT2D eigenvalue weighted by molar-refractivity contribution is 8.02. The van der Waals surface area contributed by atoms with Crippen LogP contribution in [0, 0.1) is 5.92 Å². The van der Waals surface area contributed by atoms with E-state index in [2.05, 4.69) is 22.1 Å². The van der Waals surface area contributed by atoms with Gasteiger partial charge in [-0.1, -0.05) is 22.9 Å². The number of nitrogens with zero attached hydrogens (tertiary/aromatic N) is 2. The van der Waals surface area contributed by atoms with Crippen molar-refractivity contribution in [2.75, 3.05) is 13.1 Å². The van der Waals surface area contributed by atoms with E-state index in [9.17, 15) is 4.79 Å². The van der Waals surface area contributed by atoms with Crippen molar-refractivity contribution in [1.82, 2.24) is 15.2 Å². The smallest absolute Gasteiger partial charge is 0.261 e. The van der Waals surface area contributed by atoms with Crippen LogP contribution in [-0.4, -0.2) is 41.0 Å². The summed E-state index contributed by atoms with van der Waals surface area (Å²) in [5.74, 6) is 0.676. The summed E-state index contributed by atoms with van der Waals surface area (Å²) in [7, 11) is 0. The summed E-state index contributed by atoms with van der Waals surface area (Å²) in [4.78, 5) is 20.1. The largest absolute Gasteiger partial charge is 0.347 e. The number of nitrogens with one attached hydrogen (secondary N) is 1. The lowest BCUT2D eigenvalue weighted by atomic mass is 9.79. The standard InChI is InChI=1S/C16H18ClN3OS3/c1-9-14(10-4-6-20(9)7-5-10)19-15(21)11-2-3-13(22-11)24-16-18-8-12(17)23-16/h2-3,8-10,14H,4-7H2,1H3,(H,19,21). The lowest BCUT2D eigenvalue weighted by Crippen LogP contribution is -2.62. The minimum absolute atomic E-state index is 0.0506. The molecule has 2 unspecified atom stereocenters. The molecule has 2 bridgehead atoms. The van der Waals surface area contributed by atoms with E-state index in [1.807, 2.05) is 12.1 Å². The molecule has 0 aliphatic carbocycles. The second kappa shape index (κ2) is 6.96. The average Bonchev–Trinajstić information content (AvgIpc) is 3.21. The molecule has 3 aliphatic rings. The number of thiophene rings is 1. The predicted octanol–water partition coefficient (Wildman–Crippen LogP) is 4.22. The van der Waals surface area contributed by atoms with E-state index in [0.717, 1.165) is 13.4 Å². The number of carbonyl (C=O) groups excluding carboxylic acids is 1. The van der Waals surface area contributed by atoms with Gasteiger partial charge in [-0.15, -0.1) is 11.3 Å². The summed E-state index contributed by atoms with van der Waals surface area (Å²) >= 11 is 10.4. The minimum Gasteiger partial charge on any atom is -0.347 e. The van der Waals surface area contributed by atoms with Crippen LogP contribution in [0.15, 0.2) is 26.9 Å². The van der Waals surface area contributed by atoms with Gasteiger partial charge in [-0.25, -0.2) is 4.98 Å². The first-order chi connectivity index (χ1) is 11.6. The number of hydrogen-bond acceptors (Lipinski definition) is 6. The normalized spacial score (nSPS) is 28.9. The van der Waals surface area contributed by atoms with Crippen molar-refractivity contribution in [3.05, 3.63) is 27.5 Å². The number of hydrogen-bond donors (Lipinski definition) is 1. The second-order valence-corrected chi connectivity index (χ2v) is 10.6. The highest BCUT2D eigenvalue weighted by Gasteiger charge is 2.40. The summed E-state index contributed by atoms with van der Waals surface area (Å²) in [5, 5.41) is 3.28. The highest BCUT2D eigenvalue weighted by Crippen LogP contribution is 2.37. The van der Waals surface area contributed by atoms with Gasteiger partial charge in [-0.3, -0.25) is 9.69 Å². The zero-order valence-electron chi connectivity index (χ0n) is 13.2. The lowest BCUT2D eigenvalue weighted by molar-refractivity contribution is 0.0218. The van der Waals surface area contributed by atoms with Crippen LogP contribution in [0.2, 0.25) is 4.34 Å². The Hall–Kier alpha value is -0.600. The van der Waals surface area contributed by atoms with E-state index in [1.165, 1.54) is 48.6 Å². The fourth-order valence-corrected chi connectivity index (χ4v) is 7.01. The maximum Gasteiger partial charge on any atom is 0.261 e.